The van der Waals surface area contributed by atoms with Gasteiger partial charge in [0.25, 0.3) is 0 Å². The minimum Gasteiger partial charge on any atom is -0.501 e. The van der Waals surface area contributed by atoms with Crippen molar-refractivity contribution >= 4 is 23.7 Å². The number of hydrogen-bond acceptors (Lipinski definition) is 4. The van der Waals surface area contributed by atoms with Crippen molar-refractivity contribution in [1.82, 2.24) is 4.90 Å². The van der Waals surface area contributed by atoms with Crippen molar-refractivity contribution in [3.63, 3.8) is 0 Å². The second-order valence-electron chi connectivity index (χ2n) is 6.25. The van der Waals surface area contributed by atoms with Crippen molar-refractivity contribution in [2.75, 3.05) is 20.4 Å². The number of carbonyl (C=O) groups is 1. The predicted molar refractivity (Wildman–Crippen MR) is 113 cm³/mol. The maximum absolute atomic E-state index is 14.1. The number of amides is 1. The van der Waals surface area contributed by atoms with E-state index < -0.39 is 11.6 Å². The molecule has 0 spiro atoms. The Bertz CT molecular complexity index is 928. The van der Waals surface area contributed by atoms with Crippen molar-refractivity contribution in [3.05, 3.63) is 77.2 Å². The minimum absolute atomic E-state index is 0.0965. The van der Waals surface area contributed by atoms with Gasteiger partial charge in [-0.25, -0.2) is 8.78 Å². The van der Waals surface area contributed by atoms with Crippen molar-refractivity contribution < 1.29 is 23.0 Å². The molecule has 0 aliphatic carbocycles. The normalized spacial score (nSPS) is 11.9. The van der Waals surface area contributed by atoms with Crippen LogP contribution in [-0.4, -0.2) is 31.7 Å². The largest absolute Gasteiger partial charge is 0.501 e. The molecule has 0 fully saturated rings. The molecule has 0 saturated carbocycles. The number of methoxy groups -OCH3 is 1. The zero-order valence-electron chi connectivity index (χ0n) is 16.7. The maximum atomic E-state index is 14.1. The van der Waals surface area contributed by atoms with Gasteiger partial charge in [-0.15, -0.1) is 0 Å². The molecule has 0 radical (unpaired) electrons. The Balaban J connectivity index is 2.61. The van der Waals surface area contributed by atoms with E-state index in [-0.39, 0.29) is 5.75 Å². The number of halogens is 2. The molecule has 2 aromatic carbocycles. The van der Waals surface area contributed by atoms with Gasteiger partial charge >= 0.3 is 0 Å². The second-order valence-corrected chi connectivity index (χ2v) is 7.12. The van der Waals surface area contributed by atoms with Crippen LogP contribution < -0.4 is 4.74 Å². The number of carbonyl (C=O) groups excluding carboxylic acids is 1. The Labute approximate surface area is 173 Å². The summed E-state index contributed by atoms with van der Waals surface area (Å²) in [6.45, 7) is 1.78. The van der Waals surface area contributed by atoms with Crippen LogP contribution in [0.2, 0.25) is 0 Å². The van der Waals surface area contributed by atoms with E-state index in [0.717, 1.165) is 23.4 Å². The van der Waals surface area contributed by atoms with Crippen LogP contribution in [0, 0.1) is 11.6 Å². The van der Waals surface area contributed by atoms with Crippen LogP contribution in [0.5, 0.6) is 11.5 Å². The lowest BCUT2D eigenvalue weighted by molar-refractivity contribution is -0.114. The van der Waals surface area contributed by atoms with Gasteiger partial charge in [0, 0.05) is 36.2 Å². The number of nitrogens with zero attached hydrogens (tertiary/aromatic N) is 1. The van der Waals surface area contributed by atoms with Crippen LogP contribution in [0.3, 0.4) is 0 Å². The Morgan fingerprint density at radius 1 is 1.17 bits per heavy atom. The lowest BCUT2D eigenvalue weighted by Crippen LogP contribution is -2.08. The highest BCUT2D eigenvalue weighted by molar-refractivity contribution is 7.97. The van der Waals surface area contributed by atoms with Crippen molar-refractivity contribution in [2.45, 2.75) is 12.7 Å². The van der Waals surface area contributed by atoms with Crippen LogP contribution in [-0.2, 0) is 15.3 Å². The van der Waals surface area contributed by atoms with Crippen LogP contribution in [0.15, 0.2) is 54.4 Å². The number of ether oxygens (including phenoxy) is 2. The molecule has 29 heavy (non-hydrogen) atoms. The zero-order valence-corrected chi connectivity index (χ0v) is 17.6. The summed E-state index contributed by atoms with van der Waals surface area (Å²) >= 11 is 1.66. The summed E-state index contributed by atoms with van der Waals surface area (Å²) in [5.74, 6) is 0.166. The fraction of sp³-hybridized carbons (Fsp3) is 0.227. The zero-order chi connectivity index (χ0) is 21.4. The van der Waals surface area contributed by atoms with Crippen molar-refractivity contribution in [1.29, 1.82) is 0 Å². The van der Waals surface area contributed by atoms with Gasteiger partial charge < -0.3 is 14.4 Å². The molecule has 0 aliphatic rings. The molecule has 2 rings (SSSR count). The van der Waals surface area contributed by atoms with E-state index in [2.05, 4.69) is 0 Å². The van der Waals surface area contributed by atoms with Crippen molar-refractivity contribution in [3.8, 4) is 11.5 Å². The maximum Gasteiger partial charge on any atom is 0.213 e. The van der Waals surface area contributed by atoms with E-state index >= 15 is 0 Å². The summed E-state index contributed by atoms with van der Waals surface area (Å²) in [4.78, 5) is 12.5. The highest BCUT2D eigenvalue weighted by Crippen LogP contribution is 2.34. The molecule has 7 heteroatoms. The standard InChI is InChI=1S/C22H23F2NO3S/c1-15(27-3)9-17(12-25(2)14-26)19-10-16(13-29-4)5-7-21(19)28-22-8-6-18(23)11-20(22)24/h5-12,14H,13H2,1-4H3/b15-9+,17-12+. The lowest BCUT2D eigenvalue weighted by Gasteiger charge is -2.16. The molecule has 0 N–H and O–H groups in total. The minimum atomic E-state index is -0.803. The van der Waals surface area contributed by atoms with E-state index in [4.69, 9.17) is 9.47 Å². The molecule has 0 saturated heterocycles. The molecular weight excluding hydrogens is 396 g/mol. The fourth-order valence-corrected chi connectivity index (χ4v) is 3.05. The molecule has 0 heterocycles. The molecule has 0 unspecified atom stereocenters. The Hall–Kier alpha value is -2.80. The van der Waals surface area contributed by atoms with Crippen LogP contribution in [0.25, 0.3) is 5.57 Å². The summed E-state index contributed by atoms with van der Waals surface area (Å²) in [5, 5.41) is 0. The third-order valence-electron chi connectivity index (χ3n) is 3.97. The lowest BCUT2D eigenvalue weighted by atomic mass is 10.0. The second kappa shape index (κ2) is 10.7. The van der Waals surface area contributed by atoms with E-state index in [1.165, 1.54) is 11.0 Å². The van der Waals surface area contributed by atoms with E-state index in [0.29, 0.717) is 29.1 Å². The molecule has 1 amide bonds. The first-order valence-corrected chi connectivity index (χ1v) is 10.1. The molecule has 0 atom stereocenters. The first-order chi connectivity index (χ1) is 13.9. The van der Waals surface area contributed by atoms with E-state index in [1.807, 2.05) is 18.4 Å². The van der Waals surface area contributed by atoms with Crippen molar-refractivity contribution in [2.24, 2.45) is 0 Å². The summed E-state index contributed by atoms with van der Waals surface area (Å²) in [5.41, 5.74) is 2.31. The Morgan fingerprint density at radius 2 is 1.90 bits per heavy atom. The summed E-state index contributed by atoms with van der Waals surface area (Å²) in [6, 6.07) is 8.66. The average Bonchev–Trinajstić information content (AvgIpc) is 2.70. The van der Waals surface area contributed by atoms with Crippen LogP contribution in [0.1, 0.15) is 18.1 Å². The summed E-state index contributed by atoms with van der Waals surface area (Å²) in [6.07, 6.45) is 6.04. The highest BCUT2D eigenvalue weighted by Gasteiger charge is 2.14. The topological polar surface area (TPSA) is 38.8 Å². The molecule has 0 aromatic heterocycles. The molecular formula is C22H23F2NO3S. The monoisotopic (exact) mass is 419 g/mol. The molecule has 154 valence electrons. The van der Waals surface area contributed by atoms with Gasteiger partial charge in [0.05, 0.1) is 12.9 Å². The number of hydrogen-bond donors (Lipinski definition) is 0. The van der Waals surface area contributed by atoms with Gasteiger partial charge in [-0.3, -0.25) is 4.79 Å². The van der Waals surface area contributed by atoms with Gasteiger partial charge in [0.15, 0.2) is 11.6 Å². The van der Waals surface area contributed by atoms with Crippen LogP contribution in [0.4, 0.5) is 8.78 Å². The van der Waals surface area contributed by atoms with E-state index in [9.17, 15) is 13.6 Å². The van der Waals surface area contributed by atoms with Gasteiger partial charge in [-0.2, -0.15) is 11.8 Å². The van der Waals surface area contributed by atoms with Gasteiger partial charge in [-0.05, 0) is 49.1 Å². The Kier molecular flexibility index (Phi) is 8.27. The van der Waals surface area contributed by atoms with Crippen LogP contribution >= 0.6 is 11.8 Å². The third kappa shape index (κ3) is 6.35. The van der Waals surface area contributed by atoms with E-state index in [1.54, 1.807) is 51.2 Å². The fourth-order valence-electron chi connectivity index (χ4n) is 2.54. The number of benzene rings is 2. The molecule has 0 bridgehead atoms. The Morgan fingerprint density at radius 3 is 2.52 bits per heavy atom. The molecule has 2 aromatic rings. The first-order valence-electron chi connectivity index (χ1n) is 8.74. The third-order valence-corrected chi connectivity index (χ3v) is 4.59. The smallest absolute Gasteiger partial charge is 0.213 e. The predicted octanol–water partition coefficient (Wildman–Crippen LogP) is 5.60. The number of rotatable bonds is 9. The summed E-state index contributed by atoms with van der Waals surface area (Å²) < 4.78 is 38.4. The van der Waals surface area contributed by atoms with Gasteiger partial charge in [0.2, 0.25) is 6.41 Å². The summed E-state index contributed by atoms with van der Waals surface area (Å²) in [7, 11) is 3.15. The average molecular weight is 419 g/mol. The first kappa shape index (κ1) is 22.5. The highest BCUT2D eigenvalue weighted by atomic mass is 32.2. The number of allylic oxidation sites excluding steroid dienone is 3. The van der Waals surface area contributed by atoms with Gasteiger partial charge in [-0.1, -0.05) is 6.07 Å². The SMILES string of the molecule is CO/C(C)=C/C(=C\N(C)C=O)c1cc(CSC)ccc1Oc1ccc(F)cc1F. The number of thioether (sulfide) groups is 1. The molecule has 4 nitrogen and oxygen atoms in total. The molecule has 0 aliphatic heterocycles. The van der Waals surface area contributed by atoms with Gasteiger partial charge in [0.1, 0.15) is 11.6 Å². The quantitative estimate of drug-likeness (QED) is 0.301.